The van der Waals surface area contributed by atoms with Gasteiger partial charge in [0.2, 0.25) is 0 Å². The molecule has 7 nitrogen and oxygen atoms in total. The second-order valence-corrected chi connectivity index (χ2v) is 8.79. The standard InChI is InChI=1S/C26H24O7S/c27-16-20-22(32-24(29)17-10-4-1-5-11-17)21(28)23(33-25(30)18-12-6-2-7-13-18)26(31-20)34-19-14-8-3-9-15-19/h1-15,20-23,26-28H,16H2/t20-,21+,22-,23+,26-/m1/s1. The third kappa shape index (κ3) is 5.66. The van der Waals surface area contributed by atoms with Crippen molar-refractivity contribution in [2.75, 3.05) is 6.61 Å². The predicted octanol–water partition coefficient (Wildman–Crippen LogP) is 3.31. The van der Waals surface area contributed by atoms with Crippen LogP contribution >= 0.6 is 11.8 Å². The van der Waals surface area contributed by atoms with E-state index in [1.165, 1.54) is 11.8 Å². The summed E-state index contributed by atoms with van der Waals surface area (Å²) >= 11 is 1.24. The average molecular weight is 481 g/mol. The van der Waals surface area contributed by atoms with Gasteiger partial charge in [0, 0.05) is 4.90 Å². The number of ether oxygens (including phenoxy) is 3. The lowest BCUT2D eigenvalue weighted by molar-refractivity contribution is -0.206. The zero-order valence-corrected chi connectivity index (χ0v) is 18.9. The molecule has 1 aliphatic rings. The zero-order valence-electron chi connectivity index (χ0n) is 18.1. The Balaban J connectivity index is 1.59. The molecule has 3 aromatic rings. The number of hydrogen-bond acceptors (Lipinski definition) is 8. The van der Waals surface area contributed by atoms with E-state index >= 15 is 0 Å². The first-order valence-electron chi connectivity index (χ1n) is 10.7. The van der Waals surface area contributed by atoms with Crippen LogP contribution in [-0.4, -0.2) is 58.6 Å². The number of benzene rings is 3. The van der Waals surface area contributed by atoms with Gasteiger partial charge in [-0.3, -0.25) is 0 Å². The fourth-order valence-corrected chi connectivity index (χ4v) is 4.70. The topological polar surface area (TPSA) is 102 Å². The van der Waals surface area contributed by atoms with Crippen LogP contribution in [0.15, 0.2) is 95.9 Å². The number of carbonyl (C=O) groups is 2. The highest BCUT2D eigenvalue weighted by atomic mass is 32.2. The molecule has 0 unspecified atom stereocenters. The van der Waals surface area contributed by atoms with E-state index in [0.29, 0.717) is 5.56 Å². The molecule has 1 heterocycles. The van der Waals surface area contributed by atoms with Gasteiger partial charge in [0.15, 0.2) is 12.2 Å². The smallest absolute Gasteiger partial charge is 0.338 e. The van der Waals surface area contributed by atoms with E-state index in [2.05, 4.69) is 0 Å². The second kappa shape index (κ2) is 11.3. The lowest BCUT2D eigenvalue weighted by atomic mass is 9.99. The minimum Gasteiger partial charge on any atom is -0.453 e. The molecule has 3 aromatic carbocycles. The third-order valence-corrected chi connectivity index (χ3v) is 6.45. The van der Waals surface area contributed by atoms with E-state index < -0.39 is 48.4 Å². The molecule has 0 spiro atoms. The number of hydrogen-bond donors (Lipinski definition) is 2. The monoisotopic (exact) mass is 480 g/mol. The molecule has 2 N–H and O–H groups in total. The summed E-state index contributed by atoms with van der Waals surface area (Å²) in [5.74, 6) is -1.34. The number of thioether (sulfide) groups is 1. The SMILES string of the molecule is O=C(O[C@H]1[C@@H](O)[C@H](OC(=O)c2ccccc2)[C@@H](CO)O[C@@H]1Sc1ccccc1)c1ccccc1. The summed E-state index contributed by atoms with van der Waals surface area (Å²) in [6.45, 7) is -0.505. The maximum Gasteiger partial charge on any atom is 0.338 e. The van der Waals surface area contributed by atoms with Crippen molar-refractivity contribution >= 4 is 23.7 Å². The summed E-state index contributed by atoms with van der Waals surface area (Å²) in [6, 6.07) is 25.9. The Kier molecular flexibility index (Phi) is 7.97. The van der Waals surface area contributed by atoms with Gasteiger partial charge in [0.05, 0.1) is 17.7 Å². The first-order valence-corrected chi connectivity index (χ1v) is 11.6. The van der Waals surface area contributed by atoms with Crippen molar-refractivity contribution in [3.05, 3.63) is 102 Å². The highest BCUT2D eigenvalue weighted by Gasteiger charge is 2.49. The van der Waals surface area contributed by atoms with E-state index in [9.17, 15) is 19.8 Å². The van der Waals surface area contributed by atoms with Gasteiger partial charge in [-0.15, -0.1) is 0 Å². The van der Waals surface area contributed by atoms with Crippen LogP contribution in [0.5, 0.6) is 0 Å². The van der Waals surface area contributed by atoms with Gasteiger partial charge in [-0.2, -0.15) is 0 Å². The van der Waals surface area contributed by atoms with Crippen LogP contribution in [0.2, 0.25) is 0 Å². The van der Waals surface area contributed by atoms with E-state index in [1.807, 2.05) is 30.3 Å². The van der Waals surface area contributed by atoms with Gasteiger partial charge in [-0.25, -0.2) is 9.59 Å². The minimum atomic E-state index is -1.44. The van der Waals surface area contributed by atoms with E-state index in [4.69, 9.17) is 14.2 Å². The molecular weight excluding hydrogens is 456 g/mol. The van der Waals surface area contributed by atoms with Gasteiger partial charge in [0.25, 0.3) is 0 Å². The van der Waals surface area contributed by atoms with Gasteiger partial charge >= 0.3 is 11.9 Å². The largest absolute Gasteiger partial charge is 0.453 e. The maximum atomic E-state index is 12.8. The summed E-state index contributed by atoms with van der Waals surface area (Å²) in [4.78, 5) is 26.3. The molecule has 1 saturated heterocycles. The molecule has 176 valence electrons. The number of aliphatic hydroxyl groups excluding tert-OH is 2. The van der Waals surface area contributed by atoms with Crippen molar-refractivity contribution in [3.63, 3.8) is 0 Å². The summed E-state index contributed by atoms with van der Waals surface area (Å²) in [6.07, 6.45) is -4.88. The van der Waals surface area contributed by atoms with Crippen molar-refractivity contribution in [3.8, 4) is 0 Å². The van der Waals surface area contributed by atoms with Crippen molar-refractivity contribution < 1.29 is 34.0 Å². The van der Waals surface area contributed by atoms with Gasteiger partial charge in [0.1, 0.15) is 17.6 Å². The predicted molar refractivity (Wildman–Crippen MR) is 125 cm³/mol. The lowest BCUT2D eigenvalue weighted by Gasteiger charge is -2.42. The van der Waals surface area contributed by atoms with E-state index in [1.54, 1.807) is 60.7 Å². The summed E-state index contributed by atoms with van der Waals surface area (Å²) in [5, 5.41) is 21.2. The maximum absolute atomic E-state index is 12.8. The Bertz CT molecular complexity index is 1080. The molecule has 0 amide bonds. The van der Waals surface area contributed by atoms with Gasteiger partial charge in [-0.05, 0) is 36.4 Å². The van der Waals surface area contributed by atoms with Crippen LogP contribution in [-0.2, 0) is 14.2 Å². The molecule has 5 atom stereocenters. The van der Waals surface area contributed by atoms with E-state index in [-0.39, 0.29) is 5.56 Å². The molecule has 0 aliphatic carbocycles. The number of rotatable bonds is 7. The Morgan fingerprint density at radius 3 is 1.74 bits per heavy atom. The Morgan fingerprint density at radius 2 is 1.24 bits per heavy atom. The van der Waals surface area contributed by atoms with Gasteiger partial charge < -0.3 is 24.4 Å². The van der Waals surface area contributed by atoms with Crippen LogP contribution in [0.3, 0.4) is 0 Å². The quantitative estimate of drug-likeness (QED) is 0.497. The van der Waals surface area contributed by atoms with Crippen molar-refractivity contribution in [1.29, 1.82) is 0 Å². The van der Waals surface area contributed by atoms with Crippen molar-refractivity contribution in [1.82, 2.24) is 0 Å². The fourth-order valence-electron chi connectivity index (χ4n) is 3.57. The Hall–Kier alpha value is -3.17. The first-order chi connectivity index (χ1) is 16.6. The van der Waals surface area contributed by atoms with Crippen molar-refractivity contribution in [2.45, 2.75) is 34.7 Å². The minimum absolute atomic E-state index is 0.282. The molecule has 1 fully saturated rings. The number of aliphatic hydroxyl groups is 2. The third-order valence-electron chi connectivity index (χ3n) is 5.30. The van der Waals surface area contributed by atoms with Crippen LogP contribution in [0.25, 0.3) is 0 Å². The Labute approximate surface area is 201 Å². The highest BCUT2D eigenvalue weighted by molar-refractivity contribution is 7.99. The Morgan fingerprint density at radius 1 is 0.765 bits per heavy atom. The van der Waals surface area contributed by atoms with E-state index in [0.717, 1.165) is 4.90 Å². The fraction of sp³-hybridized carbons (Fsp3) is 0.231. The van der Waals surface area contributed by atoms with Crippen molar-refractivity contribution in [2.24, 2.45) is 0 Å². The molecule has 0 bridgehead atoms. The average Bonchev–Trinajstić information content (AvgIpc) is 2.89. The molecule has 34 heavy (non-hydrogen) atoms. The lowest BCUT2D eigenvalue weighted by Crippen LogP contribution is -2.60. The molecule has 0 radical (unpaired) electrons. The molecular formula is C26H24O7S. The molecule has 1 aliphatic heterocycles. The molecule has 8 heteroatoms. The summed E-state index contributed by atoms with van der Waals surface area (Å²) in [5.41, 5.74) is -0.265. The normalized spacial score (nSPS) is 24.2. The van der Waals surface area contributed by atoms with Crippen LogP contribution in [0.4, 0.5) is 0 Å². The molecule has 0 saturated carbocycles. The zero-order chi connectivity index (χ0) is 23.9. The highest BCUT2D eigenvalue weighted by Crippen LogP contribution is 2.36. The summed E-state index contributed by atoms with van der Waals surface area (Å²) < 4.78 is 17.2. The summed E-state index contributed by atoms with van der Waals surface area (Å²) in [7, 11) is 0. The second-order valence-electron chi connectivity index (χ2n) is 7.62. The number of esters is 2. The van der Waals surface area contributed by atoms with Crippen LogP contribution in [0.1, 0.15) is 20.7 Å². The molecule has 4 rings (SSSR count). The van der Waals surface area contributed by atoms with Crippen LogP contribution < -0.4 is 0 Å². The van der Waals surface area contributed by atoms with Gasteiger partial charge in [-0.1, -0.05) is 66.4 Å². The first kappa shape index (κ1) is 24.0. The molecule has 0 aromatic heterocycles. The van der Waals surface area contributed by atoms with Crippen LogP contribution in [0, 0.1) is 0 Å². The number of carbonyl (C=O) groups excluding carboxylic acids is 2.